The van der Waals surface area contributed by atoms with E-state index in [1.54, 1.807) is 6.92 Å². The molecule has 0 spiro atoms. The van der Waals surface area contributed by atoms with Gasteiger partial charge in [-0.15, -0.1) is 0 Å². The van der Waals surface area contributed by atoms with Crippen LogP contribution in [-0.4, -0.2) is 34.3 Å². The smallest absolute Gasteiger partial charge is 0.226 e. The summed E-state index contributed by atoms with van der Waals surface area (Å²) in [5, 5.41) is 12.6. The molecule has 0 amide bonds. The molecule has 2 aromatic rings. The van der Waals surface area contributed by atoms with E-state index in [1.165, 1.54) is 5.56 Å². The highest BCUT2D eigenvalue weighted by Crippen LogP contribution is 2.40. The Morgan fingerprint density at radius 3 is 2.96 bits per heavy atom. The molecule has 0 aliphatic carbocycles. The number of benzene rings is 1. The van der Waals surface area contributed by atoms with Gasteiger partial charge >= 0.3 is 0 Å². The van der Waals surface area contributed by atoms with Crippen molar-refractivity contribution in [3.63, 3.8) is 0 Å². The van der Waals surface area contributed by atoms with E-state index in [1.807, 2.05) is 6.07 Å². The van der Waals surface area contributed by atoms with Crippen LogP contribution in [0.5, 0.6) is 0 Å². The van der Waals surface area contributed by atoms with E-state index in [2.05, 4.69) is 50.3 Å². The zero-order valence-electron chi connectivity index (χ0n) is 13.7. The highest BCUT2D eigenvalue weighted by atomic mass is 16.3. The lowest BCUT2D eigenvalue weighted by Gasteiger charge is -2.32. The maximum Gasteiger partial charge on any atom is 0.226 e. The first-order chi connectivity index (χ1) is 11.7. The number of hydrogen-bond donors (Lipinski definition) is 4. The van der Waals surface area contributed by atoms with Crippen LogP contribution < -0.4 is 21.1 Å². The molecule has 1 aromatic heterocycles. The van der Waals surface area contributed by atoms with E-state index >= 15 is 0 Å². The third-order valence-electron chi connectivity index (χ3n) is 4.40. The Morgan fingerprint density at radius 1 is 1.33 bits per heavy atom. The van der Waals surface area contributed by atoms with Crippen molar-refractivity contribution >= 4 is 17.6 Å². The fourth-order valence-electron chi connectivity index (χ4n) is 3.23. The molecule has 4 N–H and O–H groups in total. The van der Waals surface area contributed by atoms with Crippen molar-refractivity contribution in [1.29, 1.82) is 0 Å². The molecule has 2 aliphatic rings. The summed E-state index contributed by atoms with van der Waals surface area (Å²) in [7, 11) is 0. The van der Waals surface area contributed by atoms with Gasteiger partial charge in [0.15, 0.2) is 5.82 Å². The summed E-state index contributed by atoms with van der Waals surface area (Å²) < 4.78 is 0. The second kappa shape index (κ2) is 6.26. The van der Waals surface area contributed by atoms with Crippen LogP contribution in [0.4, 0.5) is 17.6 Å². The zero-order chi connectivity index (χ0) is 16.5. The molecule has 3 heterocycles. The van der Waals surface area contributed by atoms with E-state index in [4.69, 9.17) is 4.98 Å². The molecular weight excluding hydrogens is 304 g/mol. The first kappa shape index (κ1) is 15.2. The average molecular weight is 326 g/mol. The van der Waals surface area contributed by atoms with E-state index in [-0.39, 0.29) is 6.04 Å². The number of hydrazine groups is 1. The highest BCUT2D eigenvalue weighted by molar-refractivity contribution is 5.67. The van der Waals surface area contributed by atoms with Crippen molar-refractivity contribution < 1.29 is 5.11 Å². The largest absolute Gasteiger partial charge is 0.392 e. The van der Waals surface area contributed by atoms with Crippen molar-refractivity contribution in [2.45, 2.75) is 32.0 Å². The van der Waals surface area contributed by atoms with Crippen LogP contribution >= 0.6 is 0 Å². The summed E-state index contributed by atoms with van der Waals surface area (Å²) in [5.41, 5.74) is 8.85. The number of rotatable bonds is 5. The minimum Gasteiger partial charge on any atom is -0.392 e. The fraction of sp³-hybridized carbons (Fsp3) is 0.412. The standard InChI is InChI=1S/C17H22N6O/c1-11(24)9-18-17-19-15-14-13(21-22-15)7-8-23(16(14)20-17)10-12-5-3-2-4-6-12/h2-6,11,13,21,24H,7-10H2,1H3,(H2,18,19,20,22). The maximum atomic E-state index is 9.48. The van der Waals surface area contributed by atoms with Crippen molar-refractivity contribution in [3.8, 4) is 0 Å². The Balaban J connectivity index is 1.65. The highest BCUT2D eigenvalue weighted by Gasteiger charge is 2.34. The lowest BCUT2D eigenvalue weighted by Crippen LogP contribution is -2.34. The molecule has 0 saturated heterocycles. The van der Waals surface area contributed by atoms with Gasteiger partial charge in [0, 0.05) is 19.6 Å². The van der Waals surface area contributed by atoms with E-state index in [9.17, 15) is 5.11 Å². The van der Waals surface area contributed by atoms with Crippen LogP contribution in [0.3, 0.4) is 0 Å². The van der Waals surface area contributed by atoms with Crippen LogP contribution in [0.1, 0.15) is 30.5 Å². The van der Waals surface area contributed by atoms with Crippen molar-refractivity contribution in [2.75, 3.05) is 28.7 Å². The van der Waals surface area contributed by atoms with Crippen LogP contribution in [0.25, 0.3) is 0 Å². The number of nitrogens with zero attached hydrogens (tertiary/aromatic N) is 3. The Morgan fingerprint density at radius 2 is 2.17 bits per heavy atom. The molecule has 0 radical (unpaired) electrons. The third kappa shape index (κ3) is 2.88. The van der Waals surface area contributed by atoms with Crippen LogP contribution in [0, 0.1) is 0 Å². The minimum absolute atomic E-state index is 0.257. The summed E-state index contributed by atoms with van der Waals surface area (Å²) in [6.07, 6.45) is 0.571. The number of nitrogens with one attached hydrogen (secondary N) is 3. The molecule has 7 nitrogen and oxygen atoms in total. The monoisotopic (exact) mass is 326 g/mol. The first-order valence-electron chi connectivity index (χ1n) is 8.35. The van der Waals surface area contributed by atoms with Gasteiger partial charge < -0.3 is 20.7 Å². The van der Waals surface area contributed by atoms with Gasteiger partial charge in [-0.1, -0.05) is 30.3 Å². The third-order valence-corrected chi connectivity index (χ3v) is 4.40. The molecule has 0 saturated carbocycles. The summed E-state index contributed by atoms with van der Waals surface area (Å²) in [5.74, 6) is 2.33. The molecule has 1 aromatic carbocycles. The maximum absolute atomic E-state index is 9.48. The second-order valence-electron chi connectivity index (χ2n) is 6.38. The van der Waals surface area contributed by atoms with Crippen molar-refractivity contribution in [2.24, 2.45) is 0 Å². The van der Waals surface area contributed by atoms with Gasteiger partial charge in [0.25, 0.3) is 0 Å². The average Bonchev–Trinajstić information content (AvgIpc) is 3.00. The summed E-state index contributed by atoms with van der Waals surface area (Å²) in [6, 6.07) is 10.7. The molecule has 2 atom stereocenters. The van der Waals surface area contributed by atoms with Gasteiger partial charge in [-0.25, -0.2) is 5.43 Å². The Hall–Kier alpha value is -2.38. The number of hydrogen-bond acceptors (Lipinski definition) is 7. The van der Waals surface area contributed by atoms with Gasteiger partial charge in [-0.3, -0.25) is 0 Å². The minimum atomic E-state index is -0.447. The molecular formula is C17H22N6O. The van der Waals surface area contributed by atoms with Crippen LogP contribution in [-0.2, 0) is 6.54 Å². The normalized spacial score (nSPS) is 19.6. The number of aliphatic hydroxyl groups excluding tert-OH is 1. The summed E-state index contributed by atoms with van der Waals surface area (Å²) in [4.78, 5) is 11.6. The molecule has 0 bridgehead atoms. The Bertz CT molecular complexity index is 721. The second-order valence-corrected chi connectivity index (χ2v) is 6.38. The van der Waals surface area contributed by atoms with Gasteiger partial charge in [-0.2, -0.15) is 9.97 Å². The molecule has 126 valence electrons. The lowest BCUT2D eigenvalue weighted by molar-refractivity contribution is 0.208. The van der Waals surface area contributed by atoms with Gasteiger partial charge in [-0.05, 0) is 18.9 Å². The number of aliphatic hydroxyl groups is 1. The fourth-order valence-corrected chi connectivity index (χ4v) is 3.23. The van der Waals surface area contributed by atoms with Crippen LogP contribution in [0.15, 0.2) is 30.3 Å². The lowest BCUT2D eigenvalue weighted by atomic mass is 10.0. The Labute approximate surface area is 141 Å². The van der Waals surface area contributed by atoms with Gasteiger partial charge in [0.1, 0.15) is 5.82 Å². The summed E-state index contributed by atoms with van der Waals surface area (Å²) >= 11 is 0. The SMILES string of the molecule is CC(O)CNc1nc2c3c(n1)N(Cc1ccccc1)CCC3NN2. The summed E-state index contributed by atoms with van der Waals surface area (Å²) in [6.45, 7) is 3.93. The molecule has 2 aliphatic heterocycles. The molecule has 7 heteroatoms. The van der Waals surface area contributed by atoms with Gasteiger partial charge in [0.2, 0.25) is 5.95 Å². The molecule has 0 fully saturated rings. The van der Waals surface area contributed by atoms with Crippen LogP contribution in [0.2, 0.25) is 0 Å². The topological polar surface area (TPSA) is 85.3 Å². The zero-order valence-corrected chi connectivity index (χ0v) is 13.7. The van der Waals surface area contributed by atoms with E-state index in [0.29, 0.717) is 12.5 Å². The van der Waals surface area contributed by atoms with E-state index < -0.39 is 6.10 Å². The first-order valence-corrected chi connectivity index (χ1v) is 8.35. The van der Waals surface area contributed by atoms with Gasteiger partial charge in [0.05, 0.1) is 17.7 Å². The molecule has 24 heavy (non-hydrogen) atoms. The predicted molar refractivity (Wildman–Crippen MR) is 93.8 cm³/mol. The van der Waals surface area contributed by atoms with E-state index in [0.717, 1.165) is 36.7 Å². The molecule has 4 rings (SSSR count). The Kier molecular flexibility index (Phi) is 3.95. The number of anilines is 3. The molecule has 2 unspecified atom stereocenters. The predicted octanol–water partition coefficient (Wildman–Crippen LogP) is 1.65. The quantitative estimate of drug-likeness (QED) is 0.665. The number of aromatic nitrogens is 2. The van der Waals surface area contributed by atoms with Crippen molar-refractivity contribution in [3.05, 3.63) is 41.5 Å². The van der Waals surface area contributed by atoms with Crippen molar-refractivity contribution in [1.82, 2.24) is 15.4 Å².